The Morgan fingerprint density at radius 1 is 1.46 bits per heavy atom. The highest BCUT2D eigenvalue weighted by Gasteiger charge is 2.24. The van der Waals surface area contributed by atoms with Gasteiger partial charge in [0.25, 0.3) is 0 Å². The molecule has 0 saturated carbocycles. The number of nitrogens with one attached hydrogen (secondary N) is 1. The van der Waals surface area contributed by atoms with Crippen molar-refractivity contribution < 1.29 is 0 Å². The van der Waals surface area contributed by atoms with Gasteiger partial charge in [-0.1, -0.05) is 6.92 Å². The van der Waals surface area contributed by atoms with Crippen LogP contribution in [0.4, 0.5) is 0 Å². The van der Waals surface area contributed by atoms with Crippen LogP contribution in [0.15, 0.2) is 18.5 Å². The molecular weight excluding hydrogens is 162 g/mol. The Bertz CT molecular complexity index is 255. The summed E-state index contributed by atoms with van der Waals surface area (Å²) in [5.41, 5.74) is 0. The molecule has 1 aromatic rings. The Morgan fingerprint density at radius 3 is 2.92 bits per heavy atom. The Balaban J connectivity index is 2.03. The summed E-state index contributed by atoms with van der Waals surface area (Å²) in [6.07, 6.45) is 5.13. The van der Waals surface area contributed by atoms with Crippen LogP contribution in [-0.4, -0.2) is 22.4 Å². The number of hydrogen-bond donors (Lipinski definition) is 1. The molecule has 1 aliphatic heterocycles. The molecule has 0 radical (unpaired) electrons. The Labute approximate surface area is 79.1 Å². The second-order valence-electron chi connectivity index (χ2n) is 4.05. The average Bonchev–Trinajstić information content (AvgIpc) is 2.62. The number of hydrogen-bond acceptors (Lipinski definition) is 2. The summed E-state index contributed by atoms with van der Waals surface area (Å²) in [5, 5.41) is 7.79. The van der Waals surface area contributed by atoms with E-state index in [1.165, 1.54) is 6.42 Å². The molecule has 1 aliphatic rings. The van der Waals surface area contributed by atoms with Gasteiger partial charge in [0.05, 0.1) is 6.04 Å². The zero-order valence-corrected chi connectivity index (χ0v) is 8.27. The van der Waals surface area contributed by atoms with Crippen LogP contribution in [0.1, 0.15) is 26.3 Å². The maximum absolute atomic E-state index is 4.28. The van der Waals surface area contributed by atoms with Crippen LogP contribution < -0.4 is 5.32 Å². The standard InChI is InChI=1S/C10H17N3/c1-8-6-10(7-11-9(8)2)13-5-3-4-12-13/h3-5,8-11H,6-7H2,1-2H3. The van der Waals surface area contributed by atoms with Gasteiger partial charge >= 0.3 is 0 Å². The van der Waals surface area contributed by atoms with E-state index >= 15 is 0 Å². The van der Waals surface area contributed by atoms with Gasteiger partial charge in [-0.3, -0.25) is 4.68 Å². The third-order valence-electron chi connectivity index (χ3n) is 3.07. The zero-order chi connectivity index (χ0) is 9.26. The third-order valence-corrected chi connectivity index (χ3v) is 3.07. The van der Waals surface area contributed by atoms with E-state index in [1.54, 1.807) is 0 Å². The molecule has 2 rings (SSSR count). The van der Waals surface area contributed by atoms with Gasteiger partial charge < -0.3 is 5.32 Å². The Hall–Kier alpha value is -0.830. The van der Waals surface area contributed by atoms with E-state index in [-0.39, 0.29) is 0 Å². The van der Waals surface area contributed by atoms with E-state index in [1.807, 2.05) is 12.3 Å². The van der Waals surface area contributed by atoms with Crippen molar-refractivity contribution in [1.29, 1.82) is 0 Å². The van der Waals surface area contributed by atoms with E-state index < -0.39 is 0 Å². The summed E-state index contributed by atoms with van der Waals surface area (Å²) < 4.78 is 2.06. The lowest BCUT2D eigenvalue weighted by molar-refractivity contribution is 0.234. The van der Waals surface area contributed by atoms with Gasteiger partial charge in [0.15, 0.2) is 0 Å². The molecule has 0 aromatic carbocycles. The highest BCUT2D eigenvalue weighted by atomic mass is 15.3. The van der Waals surface area contributed by atoms with Crippen molar-refractivity contribution in [2.75, 3.05) is 6.54 Å². The maximum Gasteiger partial charge on any atom is 0.0646 e. The maximum atomic E-state index is 4.28. The predicted octanol–water partition coefficient (Wildman–Crippen LogP) is 1.44. The van der Waals surface area contributed by atoms with Crippen molar-refractivity contribution in [2.24, 2.45) is 5.92 Å². The van der Waals surface area contributed by atoms with Crippen molar-refractivity contribution in [2.45, 2.75) is 32.4 Å². The van der Waals surface area contributed by atoms with Crippen molar-refractivity contribution in [3.63, 3.8) is 0 Å². The minimum absolute atomic E-state index is 0.543. The van der Waals surface area contributed by atoms with Gasteiger partial charge in [-0.25, -0.2) is 0 Å². The quantitative estimate of drug-likeness (QED) is 0.707. The molecule has 1 N–H and O–H groups in total. The van der Waals surface area contributed by atoms with E-state index in [0.29, 0.717) is 12.1 Å². The average molecular weight is 179 g/mol. The Morgan fingerprint density at radius 2 is 2.31 bits per heavy atom. The summed E-state index contributed by atoms with van der Waals surface area (Å²) >= 11 is 0. The van der Waals surface area contributed by atoms with Gasteiger partial charge in [0.1, 0.15) is 0 Å². The van der Waals surface area contributed by atoms with Crippen molar-refractivity contribution >= 4 is 0 Å². The minimum atomic E-state index is 0.543. The first kappa shape index (κ1) is 8.75. The molecule has 0 bridgehead atoms. The summed E-state index contributed by atoms with van der Waals surface area (Å²) in [6, 6.07) is 3.18. The fourth-order valence-electron chi connectivity index (χ4n) is 1.94. The molecule has 3 atom stereocenters. The normalized spacial score (nSPS) is 34.8. The summed E-state index contributed by atoms with van der Waals surface area (Å²) in [5.74, 6) is 0.739. The first-order valence-corrected chi connectivity index (χ1v) is 5.00. The predicted molar refractivity (Wildman–Crippen MR) is 52.5 cm³/mol. The van der Waals surface area contributed by atoms with Gasteiger partial charge in [-0.15, -0.1) is 0 Å². The molecule has 1 saturated heterocycles. The molecule has 72 valence electrons. The SMILES string of the molecule is CC1CC(n2cccn2)CNC1C. The lowest BCUT2D eigenvalue weighted by Crippen LogP contribution is -2.43. The smallest absolute Gasteiger partial charge is 0.0646 e. The second kappa shape index (κ2) is 3.50. The van der Waals surface area contributed by atoms with E-state index in [2.05, 4.69) is 35.1 Å². The lowest BCUT2D eigenvalue weighted by atomic mass is 9.91. The summed E-state index contributed by atoms with van der Waals surface area (Å²) in [7, 11) is 0. The molecule has 0 spiro atoms. The zero-order valence-electron chi connectivity index (χ0n) is 8.27. The van der Waals surface area contributed by atoms with Gasteiger partial charge in [0, 0.05) is 25.0 Å². The number of piperidine rings is 1. The number of aromatic nitrogens is 2. The summed E-state index contributed by atoms with van der Waals surface area (Å²) in [4.78, 5) is 0. The van der Waals surface area contributed by atoms with Crippen LogP contribution in [0.5, 0.6) is 0 Å². The van der Waals surface area contributed by atoms with Crippen LogP contribution in [-0.2, 0) is 0 Å². The van der Waals surface area contributed by atoms with E-state index in [4.69, 9.17) is 0 Å². The molecule has 3 nitrogen and oxygen atoms in total. The fourth-order valence-corrected chi connectivity index (χ4v) is 1.94. The lowest BCUT2D eigenvalue weighted by Gasteiger charge is -2.33. The highest BCUT2D eigenvalue weighted by Crippen LogP contribution is 2.23. The molecule has 13 heavy (non-hydrogen) atoms. The van der Waals surface area contributed by atoms with Crippen LogP contribution in [0, 0.1) is 5.92 Å². The monoisotopic (exact) mass is 179 g/mol. The van der Waals surface area contributed by atoms with Crippen molar-refractivity contribution in [1.82, 2.24) is 15.1 Å². The molecule has 3 unspecified atom stereocenters. The molecule has 1 aromatic heterocycles. The van der Waals surface area contributed by atoms with Crippen LogP contribution >= 0.6 is 0 Å². The van der Waals surface area contributed by atoms with E-state index in [9.17, 15) is 0 Å². The Kier molecular flexibility index (Phi) is 2.36. The number of rotatable bonds is 1. The second-order valence-corrected chi connectivity index (χ2v) is 4.05. The van der Waals surface area contributed by atoms with Crippen molar-refractivity contribution in [3.8, 4) is 0 Å². The van der Waals surface area contributed by atoms with Gasteiger partial charge in [-0.05, 0) is 25.3 Å². The molecular formula is C10H17N3. The van der Waals surface area contributed by atoms with Crippen LogP contribution in [0.2, 0.25) is 0 Å². The first-order valence-electron chi connectivity index (χ1n) is 5.00. The molecule has 3 heteroatoms. The molecule has 0 amide bonds. The first-order chi connectivity index (χ1) is 6.27. The van der Waals surface area contributed by atoms with Gasteiger partial charge in [0.2, 0.25) is 0 Å². The van der Waals surface area contributed by atoms with E-state index in [0.717, 1.165) is 12.5 Å². The third kappa shape index (κ3) is 1.75. The molecule has 2 heterocycles. The summed E-state index contributed by atoms with van der Waals surface area (Å²) in [6.45, 7) is 5.60. The minimum Gasteiger partial charge on any atom is -0.312 e. The molecule has 0 aliphatic carbocycles. The largest absolute Gasteiger partial charge is 0.312 e. The van der Waals surface area contributed by atoms with Crippen LogP contribution in [0.25, 0.3) is 0 Å². The van der Waals surface area contributed by atoms with Gasteiger partial charge in [-0.2, -0.15) is 5.10 Å². The molecule has 1 fully saturated rings. The fraction of sp³-hybridized carbons (Fsp3) is 0.700. The number of nitrogens with zero attached hydrogens (tertiary/aromatic N) is 2. The van der Waals surface area contributed by atoms with Crippen molar-refractivity contribution in [3.05, 3.63) is 18.5 Å². The van der Waals surface area contributed by atoms with Crippen LogP contribution in [0.3, 0.4) is 0 Å². The topological polar surface area (TPSA) is 29.9 Å². The highest BCUT2D eigenvalue weighted by molar-refractivity contribution is 4.87.